The maximum absolute atomic E-state index is 13.2. The van der Waals surface area contributed by atoms with E-state index in [1.807, 2.05) is 42.9 Å². The summed E-state index contributed by atoms with van der Waals surface area (Å²) in [4.78, 5) is 32.5. The average Bonchev–Trinajstić information content (AvgIpc) is 3.44. The van der Waals surface area contributed by atoms with Crippen LogP contribution in [0.4, 0.5) is 5.69 Å². The van der Waals surface area contributed by atoms with Gasteiger partial charge in [0.05, 0.1) is 29.0 Å². The molecule has 8 heteroatoms. The van der Waals surface area contributed by atoms with Gasteiger partial charge in [-0.15, -0.1) is 0 Å². The van der Waals surface area contributed by atoms with Gasteiger partial charge in [0.15, 0.2) is 0 Å². The fraction of sp³-hybridized carbons (Fsp3) is 0.379. The highest BCUT2D eigenvalue weighted by atomic mass is 16.2. The molecule has 37 heavy (non-hydrogen) atoms. The Kier molecular flexibility index (Phi) is 5.71. The van der Waals surface area contributed by atoms with Crippen LogP contribution in [0.2, 0.25) is 0 Å². The summed E-state index contributed by atoms with van der Waals surface area (Å²) >= 11 is 0. The van der Waals surface area contributed by atoms with Gasteiger partial charge in [0, 0.05) is 33.5 Å². The molecule has 6 rings (SSSR count). The third-order valence-corrected chi connectivity index (χ3v) is 7.85. The number of hydrogen-bond acceptors (Lipinski definition) is 5. The fourth-order valence-electron chi connectivity index (χ4n) is 5.70. The fourth-order valence-corrected chi connectivity index (χ4v) is 5.70. The zero-order valence-corrected chi connectivity index (χ0v) is 21.5. The average molecular weight is 503 g/mol. The molecule has 0 atom stereocenters. The number of nitrogens with one attached hydrogen (secondary N) is 2. The van der Waals surface area contributed by atoms with E-state index in [1.165, 1.54) is 0 Å². The number of rotatable bonds is 4. The summed E-state index contributed by atoms with van der Waals surface area (Å²) in [6.07, 6.45) is 11.3. The second-order valence-corrected chi connectivity index (χ2v) is 10.9. The number of anilines is 1. The number of likely N-dealkylation sites (tertiary alicyclic amines) is 1. The zero-order valence-electron chi connectivity index (χ0n) is 21.5. The maximum Gasteiger partial charge on any atom is 0.257 e. The van der Waals surface area contributed by atoms with Gasteiger partial charge in [-0.25, -0.2) is 0 Å². The van der Waals surface area contributed by atoms with E-state index in [1.54, 1.807) is 12.4 Å². The SMILES string of the molecule is CN1CCC(n2cc(NC(=O)c3cnc4c(c3)C(c3ccc5c(c3)C(C)(C)NC5=O)=CCC4)cn2)CC1.[HH].[HH].[HH]. The van der Waals surface area contributed by atoms with Crippen molar-refractivity contribution in [3.05, 3.63) is 82.4 Å². The maximum atomic E-state index is 13.2. The van der Waals surface area contributed by atoms with E-state index in [4.69, 9.17) is 0 Å². The first-order valence-electron chi connectivity index (χ1n) is 13.0. The van der Waals surface area contributed by atoms with Gasteiger partial charge in [-0.05, 0) is 94.6 Å². The summed E-state index contributed by atoms with van der Waals surface area (Å²) in [6, 6.07) is 8.29. The Morgan fingerprint density at radius 1 is 1.16 bits per heavy atom. The van der Waals surface area contributed by atoms with Crippen molar-refractivity contribution in [2.24, 2.45) is 0 Å². The minimum atomic E-state index is -0.418. The van der Waals surface area contributed by atoms with Gasteiger partial charge in [-0.1, -0.05) is 12.1 Å². The third kappa shape index (κ3) is 4.35. The molecule has 2 N–H and O–H groups in total. The molecule has 1 fully saturated rings. The number of benzene rings is 1. The first-order valence-corrected chi connectivity index (χ1v) is 13.0. The van der Waals surface area contributed by atoms with Crippen molar-refractivity contribution in [1.29, 1.82) is 0 Å². The third-order valence-electron chi connectivity index (χ3n) is 7.85. The van der Waals surface area contributed by atoms with Gasteiger partial charge in [-0.2, -0.15) is 5.10 Å². The molecule has 0 unspecified atom stereocenters. The number of allylic oxidation sites excluding steroid dienone is 1. The van der Waals surface area contributed by atoms with Crippen molar-refractivity contribution < 1.29 is 13.9 Å². The summed E-state index contributed by atoms with van der Waals surface area (Å²) in [7, 11) is 2.14. The normalized spacial score (nSPS) is 19.1. The Labute approximate surface area is 221 Å². The Morgan fingerprint density at radius 2 is 1.97 bits per heavy atom. The van der Waals surface area contributed by atoms with Crippen molar-refractivity contribution >= 4 is 23.1 Å². The smallest absolute Gasteiger partial charge is 0.257 e. The lowest BCUT2D eigenvalue weighted by Crippen LogP contribution is -2.32. The molecule has 2 amide bonds. The van der Waals surface area contributed by atoms with Crippen LogP contribution >= 0.6 is 0 Å². The number of amides is 2. The first-order chi connectivity index (χ1) is 17.8. The lowest BCUT2D eigenvalue weighted by molar-refractivity contribution is 0.0939. The molecule has 2 aliphatic heterocycles. The van der Waals surface area contributed by atoms with Gasteiger partial charge in [-0.3, -0.25) is 19.3 Å². The number of hydrogen-bond donors (Lipinski definition) is 2. The van der Waals surface area contributed by atoms with Gasteiger partial charge in [0.2, 0.25) is 0 Å². The molecule has 1 aliphatic carbocycles. The van der Waals surface area contributed by atoms with Crippen molar-refractivity contribution in [3.63, 3.8) is 0 Å². The molecular formula is C29H38N6O2. The van der Waals surface area contributed by atoms with Crippen LogP contribution in [0.15, 0.2) is 48.9 Å². The number of aromatic nitrogens is 3. The molecule has 0 saturated carbocycles. The number of pyridine rings is 1. The molecular weight excluding hydrogens is 464 g/mol. The molecule has 8 nitrogen and oxygen atoms in total. The van der Waals surface area contributed by atoms with E-state index in [-0.39, 0.29) is 16.1 Å². The second kappa shape index (κ2) is 8.95. The zero-order chi connectivity index (χ0) is 25.7. The van der Waals surface area contributed by atoms with Gasteiger partial charge < -0.3 is 15.5 Å². The highest BCUT2D eigenvalue weighted by molar-refractivity contribution is 6.05. The molecule has 196 valence electrons. The summed E-state index contributed by atoms with van der Waals surface area (Å²) in [6.45, 7) is 6.14. The molecule has 2 aromatic heterocycles. The predicted molar refractivity (Wildman–Crippen MR) is 149 cm³/mol. The van der Waals surface area contributed by atoms with E-state index in [0.29, 0.717) is 17.3 Å². The highest BCUT2D eigenvalue weighted by Gasteiger charge is 2.35. The van der Waals surface area contributed by atoms with Crippen LogP contribution in [-0.4, -0.2) is 51.6 Å². The summed E-state index contributed by atoms with van der Waals surface area (Å²) in [5.41, 5.74) is 6.53. The number of carbonyl (C=O) groups is 2. The Morgan fingerprint density at radius 3 is 2.78 bits per heavy atom. The molecule has 3 aliphatic rings. The number of carbonyl (C=O) groups excluding carboxylic acids is 2. The largest absolute Gasteiger partial charge is 0.343 e. The van der Waals surface area contributed by atoms with Crippen molar-refractivity contribution in [3.8, 4) is 0 Å². The predicted octanol–water partition coefficient (Wildman–Crippen LogP) is 4.89. The minimum absolute atomic E-state index is 0. The lowest BCUT2D eigenvalue weighted by atomic mass is 9.85. The lowest BCUT2D eigenvalue weighted by Gasteiger charge is -2.28. The van der Waals surface area contributed by atoms with Crippen LogP contribution in [0, 0.1) is 0 Å². The number of fused-ring (bicyclic) bond motifs is 2. The van der Waals surface area contributed by atoms with Crippen LogP contribution in [0.1, 0.15) is 86.5 Å². The molecule has 4 heterocycles. The van der Waals surface area contributed by atoms with Crippen LogP contribution in [0.5, 0.6) is 0 Å². The molecule has 0 spiro atoms. The van der Waals surface area contributed by atoms with Crippen LogP contribution in [0.25, 0.3) is 5.57 Å². The van der Waals surface area contributed by atoms with Crippen LogP contribution in [-0.2, 0) is 12.0 Å². The van der Waals surface area contributed by atoms with E-state index < -0.39 is 5.54 Å². The number of aryl methyl sites for hydroxylation is 1. The standard InChI is InChI=1S/C29H32N6O2.3H2/c1-29(2)25-14-18(7-8-23(25)28(37)33-29)22-5-4-6-26-24(22)13-19(15-30-26)27(36)32-20-16-31-35(17-20)21-9-11-34(3)12-10-21;;;/h5,7-8,13-17,21H,4,6,9-12H2,1-3H3,(H,32,36)(H,33,37);3*1H. The Bertz CT molecular complexity index is 1440. The van der Waals surface area contributed by atoms with Crippen molar-refractivity contribution in [2.45, 2.75) is 51.1 Å². The minimum Gasteiger partial charge on any atom is -0.343 e. The Hall–Kier alpha value is -3.78. The van der Waals surface area contributed by atoms with Crippen LogP contribution < -0.4 is 10.6 Å². The quantitative estimate of drug-likeness (QED) is 0.530. The summed E-state index contributed by atoms with van der Waals surface area (Å²) in [5, 5.41) is 10.6. The van der Waals surface area contributed by atoms with Crippen molar-refractivity contribution in [1.82, 2.24) is 25.0 Å². The Balaban J connectivity index is 0.00000147. The van der Waals surface area contributed by atoms with Gasteiger partial charge >= 0.3 is 0 Å². The van der Waals surface area contributed by atoms with Gasteiger partial charge in [0.25, 0.3) is 11.8 Å². The first kappa shape index (κ1) is 23.6. The second-order valence-electron chi connectivity index (χ2n) is 10.9. The van der Waals surface area contributed by atoms with Gasteiger partial charge in [0.1, 0.15) is 0 Å². The van der Waals surface area contributed by atoms with E-state index in [2.05, 4.69) is 44.8 Å². The van der Waals surface area contributed by atoms with Crippen molar-refractivity contribution in [2.75, 3.05) is 25.5 Å². The monoisotopic (exact) mass is 502 g/mol. The van der Waals surface area contributed by atoms with Crippen LogP contribution in [0.3, 0.4) is 0 Å². The van der Waals surface area contributed by atoms with E-state index in [9.17, 15) is 9.59 Å². The summed E-state index contributed by atoms with van der Waals surface area (Å²) < 4.78 is 1.98. The molecule has 3 aromatic rings. The molecule has 0 radical (unpaired) electrons. The van der Waals surface area contributed by atoms with E-state index >= 15 is 0 Å². The topological polar surface area (TPSA) is 92.1 Å². The van der Waals surface area contributed by atoms with E-state index in [0.717, 1.165) is 72.3 Å². The summed E-state index contributed by atoms with van der Waals surface area (Å²) in [5.74, 6) is -0.239. The molecule has 1 saturated heterocycles. The number of piperidine rings is 1. The highest BCUT2D eigenvalue weighted by Crippen LogP contribution is 2.37. The molecule has 0 bridgehead atoms. The molecule has 1 aromatic carbocycles. The number of nitrogens with zero attached hydrogens (tertiary/aromatic N) is 4.